The zero-order valence-corrected chi connectivity index (χ0v) is 11.7. The van der Waals surface area contributed by atoms with E-state index in [2.05, 4.69) is 26.2 Å². The highest BCUT2D eigenvalue weighted by molar-refractivity contribution is 9.10. The van der Waals surface area contributed by atoms with Crippen molar-refractivity contribution < 1.29 is 0 Å². The number of aromatic nitrogens is 1. The third kappa shape index (κ3) is 3.19. The highest BCUT2D eigenvalue weighted by Crippen LogP contribution is 2.23. The van der Waals surface area contributed by atoms with E-state index in [1.54, 1.807) is 17.4 Å². The molecule has 3 nitrogen and oxygen atoms in total. The van der Waals surface area contributed by atoms with Crippen molar-refractivity contribution in [2.24, 2.45) is 0 Å². The smallest absolute Gasteiger partial charge is 0.132 e. The first-order valence-electron chi connectivity index (χ1n) is 4.72. The summed E-state index contributed by atoms with van der Waals surface area (Å²) >= 11 is 10.9. The molecule has 2 heterocycles. The summed E-state index contributed by atoms with van der Waals surface area (Å²) in [7, 11) is 0. The second-order valence-corrected chi connectivity index (χ2v) is 5.46. The summed E-state index contributed by atoms with van der Waals surface area (Å²) in [4.78, 5) is 5.27. The number of halogens is 2. The van der Waals surface area contributed by atoms with E-state index in [4.69, 9.17) is 16.9 Å². The topological polar surface area (TPSA) is 48.7 Å². The molecule has 0 unspecified atom stereocenters. The van der Waals surface area contributed by atoms with Gasteiger partial charge in [0.15, 0.2) is 0 Å². The first-order valence-corrected chi connectivity index (χ1v) is 6.77. The maximum atomic E-state index is 8.81. The van der Waals surface area contributed by atoms with Crippen molar-refractivity contribution in [3.8, 4) is 6.07 Å². The van der Waals surface area contributed by atoms with Crippen LogP contribution < -0.4 is 5.32 Å². The molecule has 2 rings (SSSR count). The van der Waals surface area contributed by atoms with Gasteiger partial charge in [-0.3, -0.25) is 0 Å². The lowest BCUT2D eigenvalue weighted by Gasteiger charge is -2.05. The average Bonchev–Trinajstić information content (AvgIpc) is 2.71. The lowest BCUT2D eigenvalue weighted by molar-refractivity contribution is 1.13. The minimum Gasteiger partial charge on any atom is -0.365 e. The molecule has 0 fully saturated rings. The van der Waals surface area contributed by atoms with Crippen molar-refractivity contribution >= 4 is 44.7 Å². The number of rotatable bonds is 3. The number of anilines is 1. The Morgan fingerprint density at radius 1 is 1.53 bits per heavy atom. The Balaban J connectivity index is 2.12. The van der Waals surface area contributed by atoms with Gasteiger partial charge >= 0.3 is 0 Å². The molecule has 0 bridgehead atoms. The molecule has 0 spiro atoms. The summed E-state index contributed by atoms with van der Waals surface area (Å²) < 4.78 is 1.07. The Morgan fingerprint density at radius 3 is 3.00 bits per heavy atom. The summed E-state index contributed by atoms with van der Waals surface area (Å²) in [5.74, 6) is 0.606. The average molecular weight is 329 g/mol. The summed E-state index contributed by atoms with van der Waals surface area (Å²) in [5, 5.41) is 14.3. The molecular formula is C11H7BrClN3S. The third-order valence-electron chi connectivity index (χ3n) is 2.04. The van der Waals surface area contributed by atoms with E-state index < -0.39 is 0 Å². The van der Waals surface area contributed by atoms with E-state index in [9.17, 15) is 0 Å². The molecule has 0 aromatic carbocycles. The fraction of sp³-hybridized carbons (Fsp3) is 0.0909. The second kappa shape index (κ2) is 5.50. The standard InChI is InChI=1S/C11H7BrClN3S/c12-8-1-2-17-9(8)6-15-11-4-7(5-14)3-10(13)16-11/h1-4H,6H2,(H,15,16). The van der Waals surface area contributed by atoms with Gasteiger partial charge in [0.2, 0.25) is 0 Å². The number of nitrogens with zero attached hydrogens (tertiary/aromatic N) is 2. The van der Waals surface area contributed by atoms with E-state index in [0.29, 0.717) is 23.1 Å². The molecular weight excluding hydrogens is 322 g/mol. The van der Waals surface area contributed by atoms with E-state index in [1.807, 2.05) is 17.5 Å². The Labute approximate surface area is 116 Å². The molecule has 0 aliphatic rings. The van der Waals surface area contributed by atoms with Crippen molar-refractivity contribution in [3.05, 3.63) is 43.6 Å². The summed E-state index contributed by atoms with van der Waals surface area (Å²) in [6.45, 7) is 0.649. The van der Waals surface area contributed by atoms with Crippen LogP contribution in [0.5, 0.6) is 0 Å². The number of hydrogen-bond donors (Lipinski definition) is 1. The Bertz CT molecular complexity index is 576. The van der Waals surface area contributed by atoms with E-state index in [1.165, 1.54) is 10.9 Å². The summed E-state index contributed by atoms with van der Waals surface area (Å²) in [5.41, 5.74) is 0.498. The molecule has 0 aliphatic carbocycles. The minimum absolute atomic E-state index is 0.316. The number of pyridine rings is 1. The molecule has 2 aromatic heterocycles. The monoisotopic (exact) mass is 327 g/mol. The Kier molecular flexibility index (Phi) is 4.00. The normalized spacial score (nSPS) is 9.94. The van der Waals surface area contributed by atoms with E-state index in [0.717, 1.165) is 4.47 Å². The van der Waals surface area contributed by atoms with Crippen LogP contribution in [-0.2, 0) is 6.54 Å². The van der Waals surface area contributed by atoms with Crippen LogP contribution >= 0.6 is 38.9 Å². The van der Waals surface area contributed by atoms with Gasteiger partial charge < -0.3 is 5.32 Å². The first-order chi connectivity index (χ1) is 8.19. The quantitative estimate of drug-likeness (QED) is 0.865. The maximum Gasteiger partial charge on any atom is 0.132 e. The Morgan fingerprint density at radius 2 is 2.35 bits per heavy atom. The van der Waals surface area contributed by atoms with E-state index in [-0.39, 0.29) is 0 Å². The molecule has 1 N–H and O–H groups in total. The molecule has 0 aliphatic heterocycles. The van der Waals surface area contributed by atoms with Crippen molar-refractivity contribution in [1.82, 2.24) is 4.98 Å². The van der Waals surface area contributed by atoms with Crippen molar-refractivity contribution in [2.45, 2.75) is 6.54 Å². The summed E-state index contributed by atoms with van der Waals surface area (Å²) in [6.07, 6.45) is 0. The predicted molar refractivity (Wildman–Crippen MR) is 73.3 cm³/mol. The molecule has 0 saturated heterocycles. The molecule has 86 valence electrons. The number of thiophene rings is 1. The minimum atomic E-state index is 0.316. The zero-order chi connectivity index (χ0) is 12.3. The fourth-order valence-electron chi connectivity index (χ4n) is 1.27. The molecule has 2 aromatic rings. The number of nitrogens with one attached hydrogen (secondary N) is 1. The van der Waals surface area contributed by atoms with Gasteiger partial charge in [0.1, 0.15) is 11.0 Å². The maximum absolute atomic E-state index is 8.81. The second-order valence-electron chi connectivity index (χ2n) is 3.22. The number of hydrogen-bond acceptors (Lipinski definition) is 4. The molecule has 0 saturated carbocycles. The summed E-state index contributed by atoms with van der Waals surface area (Å²) in [6, 6.07) is 7.24. The van der Waals surface area contributed by atoms with Crippen molar-refractivity contribution in [3.63, 3.8) is 0 Å². The lowest BCUT2D eigenvalue weighted by atomic mass is 10.3. The van der Waals surface area contributed by atoms with Crippen LogP contribution in [-0.4, -0.2) is 4.98 Å². The van der Waals surface area contributed by atoms with Gasteiger partial charge in [-0.25, -0.2) is 4.98 Å². The van der Waals surface area contributed by atoms with Gasteiger partial charge in [0.25, 0.3) is 0 Å². The SMILES string of the molecule is N#Cc1cc(Cl)nc(NCc2sccc2Br)c1. The van der Waals surface area contributed by atoms with E-state index >= 15 is 0 Å². The van der Waals surface area contributed by atoms with Gasteiger partial charge in [-0.15, -0.1) is 11.3 Å². The lowest BCUT2D eigenvalue weighted by Crippen LogP contribution is -2.00. The molecule has 0 atom stereocenters. The van der Waals surface area contributed by atoms with Crippen LogP contribution in [0, 0.1) is 11.3 Å². The van der Waals surface area contributed by atoms with Gasteiger partial charge in [-0.05, 0) is 39.5 Å². The Hall–Kier alpha value is -1.09. The van der Waals surface area contributed by atoms with Crippen LogP contribution in [0.1, 0.15) is 10.4 Å². The van der Waals surface area contributed by atoms with Gasteiger partial charge in [-0.2, -0.15) is 5.26 Å². The van der Waals surface area contributed by atoms with Crippen LogP contribution in [0.15, 0.2) is 28.1 Å². The van der Waals surface area contributed by atoms with Crippen LogP contribution in [0.3, 0.4) is 0 Å². The van der Waals surface area contributed by atoms with Crippen LogP contribution in [0.2, 0.25) is 5.15 Å². The highest BCUT2D eigenvalue weighted by atomic mass is 79.9. The molecule has 17 heavy (non-hydrogen) atoms. The van der Waals surface area contributed by atoms with Crippen molar-refractivity contribution in [2.75, 3.05) is 5.32 Å². The predicted octanol–water partition coefficient (Wildman–Crippen LogP) is 4.04. The van der Waals surface area contributed by atoms with Gasteiger partial charge in [0, 0.05) is 9.35 Å². The van der Waals surface area contributed by atoms with Crippen LogP contribution in [0.25, 0.3) is 0 Å². The molecule has 0 amide bonds. The largest absolute Gasteiger partial charge is 0.365 e. The highest BCUT2D eigenvalue weighted by Gasteiger charge is 2.03. The molecule has 6 heteroatoms. The zero-order valence-electron chi connectivity index (χ0n) is 8.58. The first kappa shape index (κ1) is 12.4. The fourth-order valence-corrected chi connectivity index (χ4v) is 2.91. The third-order valence-corrected chi connectivity index (χ3v) is 4.16. The number of nitriles is 1. The van der Waals surface area contributed by atoms with Crippen LogP contribution in [0.4, 0.5) is 5.82 Å². The van der Waals surface area contributed by atoms with Gasteiger partial charge in [-0.1, -0.05) is 11.6 Å². The van der Waals surface area contributed by atoms with Crippen molar-refractivity contribution in [1.29, 1.82) is 5.26 Å². The van der Waals surface area contributed by atoms with Gasteiger partial charge in [0.05, 0.1) is 18.2 Å². The molecule has 0 radical (unpaired) electrons.